The molecule has 0 aliphatic rings. The van der Waals surface area contributed by atoms with Crippen molar-refractivity contribution in [1.82, 2.24) is 9.97 Å². The number of hydrogen-bond donors (Lipinski definition) is 3. The lowest BCUT2D eigenvalue weighted by atomic mass is 10.1. The van der Waals surface area contributed by atoms with Crippen LogP contribution < -0.4 is 16.0 Å². The van der Waals surface area contributed by atoms with Gasteiger partial charge in [-0.3, -0.25) is 4.79 Å². The van der Waals surface area contributed by atoms with E-state index in [9.17, 15) is 13.2 Å². The Labute approximate surface area is 194 Å². The van der Waals surface area contributed by atoms with Gasteiger partial charge in [0.25, 0.3) is 0 Å². The second-order valence-electron chi connectivity index (χ2n) is 7.91. The monoisotopic (exact) mass is 467 g/mol. The Bertz CT molecular complexity index is 1210. The summed E-state index contributed by atoms with van der Waals surface area (Å²) in [4.78, 5) is 21.4. The van der Waals surface area contributed by atoms with E-state index in [0.29, 0.717) is 17.5 Å². The maximum absolute atomic E-state index is 12.4. The zero-order valence-corrected chi connectivity index (χ0v) is 20.0. The van der Waals surface area contributed by atoms with Gasteiger partial charge in [0.05, 0.1) is 16.6 Å². The normalized spacial score (nSPS) is 11.3. The fourth-order valence-electron chi connectivity index (χ4n) is 3.11. The topological polar surface area (TPSA) is 113 Å². The number of benzene rings is 2. The van der Waals surface area contributed by atoms with Crippen LogP contribution in [0.2, 0.25) is 0 Å². The lowest BCUT2D eigenvalue weighted by Gasteiger charge is -2.11. The van der Waals surface area contributed by atoms with Crippen molar-refractivity contribution >= 4 is 38.9 Å². The number of nitrogens with one attached hydrogen (secondary N) is 3. The third-order valence-corrected chi connectivity index (χ3v) is 7.04. The van der Waals surface area contributed by atoms with Gasteiger partial charge < -0.3 is 16.0 Å². The molecule has 174 valence electrons. The molecule has 0 aliphatic heterocycles. The van der Waals surface area contributed by atoms with Crippen LogP contribution in [-0.4, -0.2) is 36.1 Å². The second-order valence-corrected chi connectivity index (χ2v) is 10.4. The number of carbonyl (C=O) groups excluding carboxylic acids is 1. The first-order valence-corrected chi connectivity index (χ1v) is 12.3. The highest BCUT2D eigenvalue weighted by atomic mass is 32.2. The SMILES string of the molecule is CCNc1nc(C)cc(Nc2ccc(NC(=O)Cc3ccc(S(=O)(=O)C(C)C)cc3)cc2)n1. The summed E-state index contributed by atoms with van der Waals surface area (Å²) in [6, 6.07) is 15.6. The molecular formula is C24H29N5O3S. The molecule has 33 heavy (non-hydrogen) atoms. The summed E-state index contributed by atoms with van der Waals surface area (Å²) < 4.78 is 24.4. The quantitative estimate of drug-likeness (QED) is 0.429. The maximum Gasteiger partial charge on any atom is 0.228 e. The molecule has 0 bridgehead atoms. The van der Waals surface area contributed by atoms with Gasteiger partial charge in [-0.2, -0.15) is 4.98 Å². The molecular weight excluding hydrogens is 438 g/mol. The maximum atomic E-state index is 12.4. The lowest BCUT2D eigenvalue weighted by molar-refractivity contribution is -0.115. The van der Waals surface area contributed by atoms with Crippen molar-refractivity contribution < 1.29 is 13.2 Å². The molecule has 0 spiro atoms. The fourth-order valence-corrected chi connectivity index (χ4v) is 4.17. The molecule has 9 heteroatoms. The van der Waals surface area contributed by atoms with Crippen LogP contribution in [0.4, 0.5) is 23.1 Å². The Morgan fingerprint density at radius 1 is 0.970 bits per heavy atom. The minimum absolute atomic E-state index is 0.148. The zero-order chi connectivity index (χ0) is 24.0. The molecule has 0 atom stereocenters. The standard InChI is InChI=1S/C24H29N5O3S/c1-5-25-24-26-17(4)14-22(29-24)27-19-8-10-20(11-9-19)28-23(30)15-18-6-12-21(13-7-18)33(31,32)16(2)3/h6-14,16H,5,15H2,1-4H3,(H,28,30)(H2,25,26,27,29). The first-order chi connectivity index (χ1) is 15.7. The Balaban J connectivity index is 1.59. The number of sulfone groups is 1. The molecule has 3 rings (SSSR count). The highest BCUT2D eigenvalue weighted by Crippen LogP contribution is 2.20. The molecule has 3 N–H and O–H groups in total. The van der Waals surface area contributed by atoms with Gasteiger partial charge in [0.2, 0.25) is 11.9 Å². The summed E-state index contributed by atoms with van der Waals surface area (Å²) in [5.74, 6) is 1.06. The number of aryl methyl sites for hydroxylation is 1. The molecule has 0 fully saturated rings. The van der Waals surface area contributed by atoms with E-state index in [4.69, 9.17) is 0 Å². The van der Waals surface area contributed by atoms with Gasteiger partial charge in [-0.25, -0.2) is 13.4 Å². The second kappa shape index (κ2) is 10.4. The van der Waals surface area contributed by atoms with Crippen LogP contribution in [0.3, 0.4) is 0 Å². The highest BCUT2D eigenvalue weighted by Gasteiger charge is 2.18. The van der Waals surface area contributed by atoms with Gasteiger partial charge >= 0.3 is 0 Å². The van der Waals surface area contributed by atoms with Crippen LogP contribution >= 0.6 is 0 Å². The van der Waals surface area contributed by atoms with Gasteiger partial charge in [0, 0.05) is 29.7 Å². The number of rotatable bonds is 9. The molecule has 3 aromatic rings. The Morgan fingerprint density at radius 3 is 2.21 bits per heavy atom. The van der Waals surface area contributed by atoms with Crippen LogP contribution in [0.5, 0.6) is 0 Å². The average molecular weight is 468 g/mol. The number of amides is 1. The third kappa shape index (κ3) is 6.52. The first-order valence-electron chi connectivity index (χ1n) is 10.8. The molecule has 1 heterocycles. The molecule has 2 aromatic carbocycles. The van der Waals surface area contributed by atoms with Crippen molar-refractivity contribution in [3.8, 4) is 0 Å². The van der Waals surface area contributed by atoms with Gasteiger partial charge in [0.15, 0.2) is 9.84 Å². The van der Waals surface area contributed by atoms with Crippen LogP contribution in [0.15, 0.2) is 59.5 Å². The van der Waals surface area contributed by atoms with Crippen LogP contribution in [0.1, 0.15) is 32.0 Å². The van der Waals surface area contributed by atoms with E-state index in [-0.39, 0.29) is 17.2 Å². The summed E-state index contributed by atoms with van der Waals surface area (Å²) in [7, 11) is -3.32. The number of aromatic nitrogens is 2. The van der Waals surface area contributed by atoms with E-state index in [1.165, 1.54) is 0 Å². The van der Waals surface area contributed by atoms with Crippen molar-refractivity contribution in [3.05, 3.63) is 65.9 Å². The molecule has 0 unspecified atom stereocenters. The Hall–Kier alpha value is -3.46. The smallest absolute Gasteiger partial charge is 0.228 e. The number of hydrogen-bond acceptors (Lipinski definition) is 7. The summed E-state index contributed by atoms with van der Waals surface area (Å²) in [6.07, 6.45) is 0.148. The summed E-state index contributed by atoms with van der Waals surface area (Å²) >= 11 is 0. The third-order valence-electron chi connectivity index (χ3n) is 4.87. The molecule has 1 amide bonds. The van der Waals surface area contributed by atoms with Gasteiger partial charge in [-0.05, 0) is 69.7 Å². The average Bonchev–Trinajstić information content (AvgIpc) is 2.75. The molecule has 0 radical (unpaired) electrons. The first kappa shape index (κ1) is 24.2. The Morgan fingerprint density at radius 2 is 1.61 bits per heavy atom. The molecule has 0 saturated carbocycles. The minimum Gasteiger partial charge on any atom is -0.354 e. The van der Waals surface area contributed by atoms with Crippen LogP contribution in [-0.2, 0) is 21.1 Å². The Kier molecular flexibility index (Phi) is 7.65. The van der Waals surface area contributed by atoms with E-state index in [1.54, 1.807) is 50.2 Å². The van der Waals surface area contributed by atoms with Crippen molar-refractivity contribution in [3.63, 3.8) is 0 Å². The van der Waals surface area contributed by atoms with Crippen molar-refractivity contribution in [2.24, 2.45) is 0 Å². The largest absolute Gasteiger partial charge is 0.354 e. The van der Waals surface area contributed by atoms with Crippen molar-refractivity contribution in [1.29, 1.82) is 0 Å². The molecule has 0 aliphatic carbocycles. The molecule has 1 aromatic heterocycles. The summed E-state index contributed by atoms with van der Waals surface area (Å²) in [5, 5.41) is 8.71. The minimum atomic E-state index is -3.32. The molecule has 8 nitrogen and oxygen atoms in total. The zero-order valence-electron chi connectivity index (χ0n) is 19.2. The van der Waals surface area contributed by atoms with E-state index in [1.807, 2.05) is 32.0 Å². The van der Waals surface area contributed by atoms with Crippen LogP contribution in [0.25, 0.3) is 0 Å². The van der Waals surface area contributed by atoms with Crippen molar-refractivity contribution in [2.75, 3.05) is 22.5 Å². The highest BCUT2D eigenvalue weighted by molar-refractivity contribution is 7.92. The molecule has 0 saturated heterocycles. The van der Waals surface area contributed by atoms with E-state index in [0.717, 1.165) is 23.5 Å². The van der Waals surface area contributed by atoms with Crippen LogP contribution in [0, 0.1) is 6.92 Å². The summed E-state index contributed by atoms with van der Waals surface area (Å²) in [6.45, 7) is 7.92. The van der Waals surface area contributed by atoms with Gasteiger partial charge in [-0.1, -0.05) is 12.1 Å². The summed E-state index contributed by atoms with van der Waals surface area (Å²) in [5.41, 5.74) is 3.08. The van der Waals surface area contributed by atoms with E-state index >= 15 is 0 Å². The predicted octanol–water partition coefficient (Wildman–Crippen LogP) is 4.32. The van der Waals surface area contributed by atoms with Gasteiger partial charge in [0.1, 0.15) is 5.82 Å². The number of nitrogens with zero attached hydrogens (tertiary/aromatic N) is 2. The number of carbonyl (C=O) groups is 1. The predicted molar refractivity (Wildman–Crippen MR) is 132 cm³/mol. The number of anilines is 4. The fraction of sp³-hybridized carbons (Fsp3) is 0.292. The lowest BCUT2D eigenvalue weighted by Crippen LogP contribution is -2.15. The van der Waals surface area contributed by atoms with Crippen molar-refractivity contribution in [2.45, 2.75) is 44.3 Å². The van der Waals surface area contributed by atoms with E-state index in [2.05, 4.69) is 25.9 Å². The van der Waals surface area contributed by atoms with E-state index < -0.39 is 15.1 Å². The van der Waals surface area contributed by atoms with Gasteiger partial charge in [-0.15, -0.1) is 0 Å².